The summed E-state index contributed by atoms with van der Waals surface area (Å²) in [5.41, 5.74) is 1.40. The average Bonchev–Trinajstić information content (AvgIpc) is 2.96. The molecule has 3 nitrogen and oxygen atoms in total. The van der Waals surface area contributed by atoms with Gasteiger partial charge in [0.1, 0.15) is 0 Å². The minimum Gasteiger partial charge on any atom is -0.314 e. The molecule has 0 aliphatic rings. The van der Waals surface area contributed by atoms with Crippen molar-refractivity contribution in [2.45, 2.75) is 38.8 Å². The quantitative estimate of drug-likeness (QED) is 0.773. The number of hydrogen-bond acceptors (Lipinski definition) is 2. The van der Waals surface area contributed by atoms with E-state index < -0.39 is 0 Å². The van der Waals surface area contributed by atoms with Gasteiger partial charge < -0.3 is 5.32 Å². The Labute approximate surface area is 115 Å². The number of aryl methyl sites for hydroxylation is 1. The summed E-state index contributed by atoms with van der Waals surface area (Å²) < 4.78 is 1.98. The third kappa shape index (κ3) is 4.21. The lowest BCUT2D eigenvalue weighted by Gasteiger charge is -2.21. The van der Waals surface area contributed by atoms with Gasteiger partial charge in [0, 0.05) is 25.0 Å². The Morgan fingerprint density at radius 2 is 1.95 bits per heavy atom. The van der Waals surface area contributed by atoms with Crippen molar-refractivity contribution in [3.05, 3.63) is 54.4 Å². The Bertz CT molecular complexity index is 450. The molecule has 19 heavy (non-hydrogen) atoms. The van der Waals surface area contributed by atoms with Gasteiger partial charge in [0.15, 0.2) is 0 Å². The van der Waals surface area contributed by atoms with Gasteiger partial charge in [-0.15, -0.1) is 0 Å². The van der Waals surface area contributed by atoms with Crippen LogP contribution in [0, 0.1) is 0 Å². The number of benzene rings is 1. The van der Waals surface area contributed by atoms with Crippen LogP contribution in [0.15, 0.2) is 48.8 Å². The Balaban J connectivity index is 1.70. The van der Waals surface area contributed by atoms with Crippen LogP contribution in [0.5, 0.6) is 0 Å². The summed E-state index contributed by atoms with van der Waals surface area (Å²) in [5.74, 6) is 0.533. The summed E-state index contributed by atoms with van der Waals surface area (Å²) in [6.45, 7) is 6.54. The third-order valence-corrected chi connectivity index (χ3v) is 3.66. The van der Waals surface area contributed by atoms with E-state index in [4.69, 9.17) is 0 Å². The fraction of sp³-hybridized carbons (Fsp3) is 0.438. The molecule has 0 saturated heterocycles. The number of hydrogen-bond donors (Lipinski definition) is 1. The van der Waals surface area contributed by atoms with Gasteiger partial charge in [-0.05, 0) is 37.4 Å². The normalized spacial score (nSPS) is 14.2. The van der Waals surface area contributed by atoms with Crippen molar-refractivity contribution in [3.63, 3.8) is 0 Å². The Morgan fingerprint density at radius 1 is 1.16 bits per heavy atom. The molecule has 0 bridgehead atoms. The molecule has 3 heteroatoms. The average molecular weight is 257 g/mol. The molecule has 0 aliphatic heterocycles. The van der Waals surface area contributed by atoms with Gasteiger partial charge in [-0.2, -0.15) is 5.10 Å². The molecular formula is C16H23N3. The first-order valence-electron chi connectivity index (χ1n) is 7.03. The highest BCUT2D eigenvalue weighted by Crippen LogP contribution is 2.18. The topological polar surface area (TPSA) is 29.9 Å². The summed E-state index contributed by atoms with van der Waals surface area (Å²) >= 11 is 0. The maximum atomic E-state index is 4.20. The van der Waals surface area contributed by atoms with Gasteiger partial charge in [0.05, 0.1) is 0 Å². The maximum absolute atomic E-state index is 4.20. The van der Waals surface area contributed by atoms with Crippen molar-refractivity contribution in [1.82, 2.24) is 15.1 Å². The molecule has 1 N–H and O–H groups in total. The second-order valence-corrected chi connectivity index (χ2v) is 5.06. The van der Waals surface area contributed by atoms with Crippen LogP contribution in [0.3, 0.4) is 0 Å². The number of nitrogens with zero attached hydrogens (tertiary/aromatic N) is 2. The molecule has 2 atom stereocenters. The van der Waals surface area contributed by atoms with E-state index in [1.165, 1.54) is 5.56 Å². The van der Waals surface area contributed by atoms with Gasteiger partial charge in [0.25, 0.3) is 0 Å². The van der Waals surface area contributed by atoms with Gasteiger partial charge in [-0.3, -0.25) is 4.68 Å². The van der Waals surface area contributed by atoms with Gasteiger partial charge in [-0.1, -0.05) is 37.3 Å². The van der Waals surface area contributed by atoms with Crippen LogP contribution >= 0.6 is 0 Å². The van der Waals surface area contributed by atoms with E-state index in [9.17, 15) is 0 Å². The van der Waals surface area contributed by atoms with Crippen LogP contribution in [-0.4, -0.2) is 22.4 Å². The van der Waals surface area contributed by atoms with Crippen molar-refractivity contribution in [2.24, 2.45) is 0 Å². The maximum Gasteiger partial charge on any atom is 0.0489 e. The van der Waals surface area contributed by atoms with E-state index >= 15 is 0 Å². The molecule has 0 aliphatic carbocycles. The van der Waals surface area contributed by atoms with E-state index in [1.807, 2.05) is 23.1 Å². The predicted molar refractivity (Wildman–Crippen MR) is 79.2 cm³/mol. The molecule has 0 unspecified atom stereocenters. The van der Waals surface area contributed by atoms with Gasteiger partial charge >= 0.3 is 0 Å². The Hall–Kier alpha value is -1.61. The van der Waals surface area contributed by atoms with Crippen molar-refractivity contribution in [2.75, 3.05) is 6.54 Å². The van der Waals surface area contributed by atoms with Crippen molar-refractivity contribution < 1.29 is 0 Å². The molecule has 2 rings (SSSR count). The monoisotopic (exact) mass is 257 g/mol. The fourth-order valence-corrected chi connectivity index (χ4v) is 2.23. The van der Waals surface area contributed by atoms with Crippen LogP contribution in [0.2, 0.25) is 0 Å². The molecular weight excluding hydrogens is 234 g/mol. The van der Waals surface area contributed by atoms with Gasteiger partial charge in [-0.25, -0.2) is 0 Å². The van der Waals surface area contributed by atoms with Crippen molar-refractivity contribution in [3.8, 4) is 0 Å². The molecule has 2 aromatic rings. The number of rotatable bonds is 7. The molecule has 0 radical (unpaired) electrons. The molecule has 102 valence electrons. The smallest absolute Gasteiger partial charge is 0.0489 e. The molecule has 1 aromatic heterocycles. The van der Waals surface area contributed by atoms with E-state index in [0.29, 0.717) is 12.0 Å². The minimum atomic E-state index is 0.486. The Morgan fingerprint density at radius 3 is 2.63 bits per heavy atom. The first kappa shape index (κ1) is 13.8. The van der Waals surface area contributed by atoms with Crippen LogP contribution in [0.4, 0.5) is 0 Å². The van der Waals surface area contributed by atoms with Crippen LogP contribution in [-0.2, 0) is 6.54 Å². The highest BCUT2D eigenvalue weighted by Gasteiger charge is 2.12. The molecule has 0 spiro atoms. The fourth-order valence-electron chi connectivity index (χ4n) is 2.23. The number of nitrogens with one attached hydrogen (secondary N) is 1. The standard InChI is InChI=1S/C16H23N3/c1-14(16-8-4-3-5-9-16)15(2)17-10-6-12-19-13-7-11-18-19/h3-5,7-9,11,13-15,17H,6,10,12H2,1-2H3/t14-,15+/m0/s1. The Kier molecular flexibility index (Phi) is 5.16. The van der Waals surface area contributed by atoms with Crippen LogP contribution < -0.4 is 5.32 Å². The highest BCUT2D eigenvalue weighted by atomic mass is 15.3. The summed E-state index contributed by atoms with van der Waals surface area (Å²) in [6.07, 6.45) is 4.94. The predicted octanol–water partition coefficient (Wildman–Crippen LogP) is 3.06. The molecule has 0 saturated carbocycles. The lowest BCUT2D eigenvalue weighted by Crippen LogP contribution is -2.32. The SMILES string of the molecule is C[C@H](c1ccccc1)[C@@H](C)NCCCn1cccn1. The van der Waals surface area contributed by atoms with Crippen LogP contribution in [0.1, 0.15) is 31.7 Å². The van der Waals surface area contributed by atoms with Crippen LogP contribution in [0.25, 0.3) is 0 Å². The third-order valence-electron chi connectivity index (χ3n) is 3.66. The molecule has 0 fully saturated rings. The number of aromatic nitrogens is 2. The first-order chi connectivity index (χ1) is 9.27. The summed E-state index contributed by atoms with van der Waals surface area (Å²) in [7, 11) is 0. The highest BCUT2D eigenvalue weighted by molar-refractivity contribution is 5.20. The zero-order valence-corrected chi connectivity index (χ0v) is 11.8. The molecule has 0 amide bonds. The van der Waals surface area contributed by atoms with E-state index in [0.717, 1.165) is 19.5 Å². The largest absolute Gasteiger partial charge is 0.314 e. The second-order valence-electron chi connectivity index (χ2n) is 5.06. The molecule has 1 heterocycles. The van der Waals surface area contributed by atoms with E-state index in [1.54, 1.807) is 0 Å². The summed E-state index contributed by atoms with van der Waals surface area (Å²) in [6, 6.07) is 13.1. The molecule has 1 aromatic carbocycles. The lowest BCUT2D eigenvalue weighted by atomic mass is 9.94. The minimum absolute atomic E-state index is 0.486. The first-order valence-corrected chi connectivity index (χ1v) is 7.03. The van der Waals surface area contributed by atoms with E-state index in [-0.39, 0.29) is 0 Å². The second kappa shape index (κ2) is 7.10. The zero-order valence-electron chi connectivity index (χ0n) is 11.8. The van der Waals surface area contributed by atoms with E-state index in [2.05, 4.69) is 54.6 Å². The lowest BCUT2D eigenvalue weighted by molar-refractivity contribution is 0.456. The summed E-state index contributed by atoms with van der Waals surface area (Å²) in [5, 5.41) is 7.81. The zero-order chi connectivity index (χ0) is 13.5. The summed E-state index contributed by atoms with van der Waals surface area (Å²) in [4.78, 5) is 0. The van der Waals surface area contributed by atoms with Crippen molar-refractivity contribution in [1.29, 1.82) is 0 Å². The van der Waals surface area contributed by atoms with Crippen molar-refractivity contribution >= 4 is 0 Å². The van der Waals surface area contributed by atoms with Gasteiger partial charge in [0.2, 0.25) is 0 Å².